The van der Waals surface area contributed by atoms with E-state index in [2.05, 4.69) is 11.7 Å². The molecule has 4 nitrogen and oxygen atoms in total. The van der Waals surface area contributed by atoms with Crippen molar-refractivity contribution in [3.05, 3.63) is 63.3 Å². The second-order valence-electron chi connectivity index (χ2n) is 3.75. The summed E-state index contributed by atoms with van der Waals surface area (Å²) in [5.74, 6) is 0. The third kappa shape index (κ3) is 2.66. The van der Waals surface area contributed by atoms with Crippen molar-refractivity contribution in [3.63, 3.8) is 0 Å². The molecular weight excluding hydrogens is 273 g/mol. The first kappa shape index (κ1) is 12.9. The number of hydrogen-bond acceptors (Lipinski definition) is 2. The molecule has 0 fully saturated rings. The Bertz CT molecular complexity index is 630. The van der Waals surface area contributed by atoms with Gasteiger partial charge in [-0.1, -0.05) is 35.3 Å². The Balaban J connectivity index is 2.29. The van der Waals surface area contributed by atoms with Gasteiger partial charge < -0.3 is 0 Å². The van der Waals surface area contributed by atoms with Crippen LogP contribution in [0.5, 0.6) is 0 Å². The first-order chi connectivity index (χ1) is 8.61. The topological polar surface area (TPSA) is 39.8 Å². The highest BCUT2D eigenvalue weighted by Gasteiger charge is 2.07. The first-order valence-corrected chi connectivity index (χ1v) is 6.04. The zero-order chi connectivity index (χ0) is 13.1. The van der Waals surface area contributed by atoms with Crippen LogP contribution in [0.1, 0.15) is 5.56 Å². The minimum Gasteiger partial charge on any atom is -0.278 e. The number of nitrogens with zero attached hydrogens (tertiary/aromatic N) is 3. The van der Waals surface area contributed by atoms with E-state index in [-0.39, 0.29) is 5.69 Å². The molecule has 0 aliphatic heterocycles. The SMILES string of the molecule is C=CCn1cnn(Cc2ccc(Cl)cc2Cl)c1=O. The van der Waals surface area contributed by atoms with E-state index in [1.165, 1.54) is 15.6 Å². The fourth-order valence-electron chi connectivity index (χ4n) is 1.56. The summed E-state index contributed by atoms with van der Waals surface area (Å²) < 4.78 is 2.81. The molecule has 0 bridgehead atoms. The van der Waals surface area contributed by atoms with Gasteiger partial charge in [0.05, 0.1) is 6.54 Å². The highest BCUT2D eigenvalue weighted by Crippen LogP contribution is 2.21. The molecule has 0 saturated heterocycles. The van der Waals surface area contributed by atoms with E-state index in [0.717, 1.165) is 5.56 Å². The molecule has 1 aromatic heterocycles. The molecule has 0 amide bonds. The van der Waals surface area contributed by atoms with Crippen LogP contribution in [0, 0.1) is 0 Å². The van der Waals surface area contributed by atoms with E-state index in [1.807, 2.05) is 0 Å². The van der Waals surface area contributed by atoms with E-state index in [9.17, 15) is 4.79 Å². The molecule has 2 rings (SSSR count). The Kier molecular flexibility index (Phi) is 3.89. The highest BCUT2D eigenvalue weighted by atomic mass is 35.5. The molecule has 1 heterocycles. The van der Waals surface area contributed by atoms with Crippen molar-refractivity contribution in [1.29, 1.82) is 0 Å². The zero-order valence-electron chi connectivity index (χ0n) is 9.51. The molecule has 0 spiro atoms. The smallest absolute Gasteiger partial charge is 0.278 e. The summed E-state index contributed by atoms with van der Waals surface area (Å²) in [6.45, 7) is 4.34. The summed E-state index contributed by atoms with van der Waals surface area (Å²) in [6.07, 6.45) is 3.12. The molecule has 1 aromatic carbocycles. The lowest BCUT2D eigenvalue weighted by atomic mass is 10.2. The highest BCUT2D eigenvalue weighted by molar-refractivity contribution is 6.35. The van der Waals surface area contributed by atoms with Crippen LogP contribution in [0.3, 0.4) is 0 Å². The third-order valence-electron chi connectivity index (χ3n) is 2.46. The lowest BCUT2D eigenvalue weighted by molar-refractivity contribution is 0.639. The van der Waals surface area contributed by atoms with Crippen molar-refractivity contribution in [2.45, 2.75) is 13.1 Å². The average molecular weight is 284 g/mol. The van der Waals surface area contributed by atoms with Crippen molar-refractivity contribution >= 4 is 23.2 Å². The van der Waals surface area contributed by atoms with Crippen LogP contribution in [0.4, 0.5) is 0 Å². The van der Waals surface area contributed by atoms with Crippen LogP contribution in [0.2, 0.25) is 10.0 Å². The van der Waals surface area contributed by atoms with Gasteiger partial charge in [0.15, 0.2) is 0 Å². The maximum absolute atomic E-state index is 11.9. The predicted molar refractivity (Wildman–Crippen MR) is 72.2 cm³/mol. The number of hydrogen-bond donors (Lipinski definition) is 0. The number of rotatable bonds is 4. The lowest BCUT2D eigenvalue weighted by Gasteiger charge is -2.03. The molecule has 0 atom stereocenters. The molecule has 0 saturated carbocycles. The van der Waals surface area contributed by atoms with E-state index in [1.54, 1.807) is 24.3 Å². The van der Waals surface area contributed by atoms with Crippen LogP contribution < -0.4 is 5.69 Å². The molecule has 0 N–H and O–H groups in total. The monoisotopic (exact) mass is 283 g/mol. The van der Waals surface area contributed by atoms with E-state index < -0.39 is 0 Å². The number of halogens is 2. The van der Waals surface area contributed by atoms with Crippen LogP contribution in [0.25, 0.3) is 0 Å². The standard InChI is InChI=1S/C12H11Cl2N3O/c1-2-5-16-8-15-17(12(16)18)7-9-3-4-10(13)6-11(9)14/h2-4,6,8H,1,5,7H2. The summed E-state index contributed by atoms with van der Waals surface area (Å²) in [5.41, 5.74) is 0.605. The second kappa shape index (κ2) is 5.42. The summed E-state index contributed by atoms with van der Waals surface area (Å²) in [5, 5.41) is 5.11. The minimum atomic E-state index is -0.194. The van der Waals surface area contributed by atoms with E-state index in [0.29, 0.717) is 23.1 Å². The Morgan fingerprint density at radius 3 is 2.83 bits per heavy atom. The van der Waals surface area contributed by atoms with Gasteiger partial charge in [-0.15, -0.1) is 6.58 Å². The second-order valence-corrected chi connectivity index (χ2v) is 4.59. The molecule has 0 radical (unpaired) electrons. The van der Waals surface area contributed by atoms with Gasteiger partial charge >= 0.3 is 5.69 Å². The molecule has 94 valence electrons. The quantitative estimate of drug-likeness (QED) is 0.809. The Hall–Kier alpha value is -1.52. The van der Waals surface area contributed by atoms with Crippen LogP contribution in [0.15, 0.2) is 42.0 Å². The van der Waals surface area contributed by atoms with Gasteiger partial charge in [0, 0.05) is 16.6 Å². The number of benzene rings is 1. The maximum Gasteiger partial charge on any atom is 0.346 e. The van der Waals surface area contributed by atoms with Crippen LogP contribution in [-0.2, 0) is 13.1 Å². The molecule has 0 aliphatic rings. The van der Waals surface area contributed by atoms with Crippen molar-refractivity contribution in [2.24, 2.45) is 0 Å². The van der Waals surface area contributed by atoms with Gasteiger partial charge in [-0.2, -0.15) is 5.10 Å². The van der Waals surface area contributed by atoms with Gasteiger partial charge in [0.1, 0.15) is 6.33 Å². The molecule has 0 aliphatic carbocycles. The zero-order valence-corrected chi connectivity index (χ0v) is 11.0. The molecule has 18 heavy (non-hydrogen) atoms. The predicted octanol–water partition coefficient (Wildman–Crippen LogP) is 2.59. The van der Waals surface area contributed by atoms with Gasteiger partial charge in [0.25, 0.3) is 0 Å². The van der Waals surface area contributed by atoms with Crippen LogP contribution in [-0.4, -0.2) is 14.3 Å². The van der Waals surface area contributed by atoms with Gasteiger partial charge in [-0.3, -0.25) is 4.57 Å². The summed E-state index contributed by atoms with van der Waals surface area (Å²) >= 11 is 11.9. The number of aromatic nitrogens is 3. The summed E-state index contributed by atoms with van der Waals surface area (Å²) in [4.78, 5) is 11.9. The average Bonchev–Trinajstić information content (AvgIpc) is 2.66. The Labute approximate surface area is 114 Å². The summed E-state index contributed by atoms with van der Waals surface area (Å²) in [6, 6.07) is 5.16. The van der Waals surface area contributed by atoms with Gasteiger partial charge in [0.2, 0.25) is 0 Å². The first-order valence-electron chi connectivity index (χ1n) is 5.29. The molecular formula is C12H11Cl2N3O. The van der Waals surface area contributed by atoms with Gasteiger partial charge in [-0.25, -0.2) is 9.48 Å². The molecule has 6 heteroatoms. The summed E-state index contributed by atoms with van der Waals surface area (Å²) in [7, 11) is 0. The molecule has 0 unspecified atom stereocenters. The van der Waals surface area contributed by atoms with E-state index >= 15 is 0 Å². The van der Waals surface area contributed by atoms with Crippen LogP contribution >= 0.6 is 23.2 Å². The largest absolute Gasteiger partial charge is 0.346 e. The Morgan fingerprint density at radius 2 is 2.17 bits per heavy atom. The van der Waals surface area contributed by atoms with Crippen molar-refractivity contribution in [2.75, 3.05) is 0 Å². The van der Waals surface area contributed by atoms with Crippen molar-refractivity contribution < 1.29 is 0 Å². The lowest BCUT2D eigenvalue weighted by Crippen LogP contribution is -2.25. The normalized spacial score (nSPS) is 10.6. The maximum atomic E-state index is 11.9. The third-order valence-corrected chi connectivity index (χ3v) is 3.04. The van der Waals surface area contributed by atoms with Gasteiger partial charge in [-0.05, 0) is 17.7 Å². The van der Waals surface area contributed by atoms with Crippen molar-refractivity contribution in [3.8, 4) is 0 Å². The minimum absolute atomic E-state index is 0.194. The Morgan fingerprint density at radius 1 is 1.39 bits per heavy atom. The molecule has 2 aromatic rings. The fourth-order valence-corrected chi connectivity index (χ4v) is 2.02. The van der Waals surface area contributed by atoms with Crippen molar-refractivity contribution in [1.82, 2.24) is 14.3 Å². The van der Waals surface area contributed by atoms with E-state index in [4.69, 9.17) is 23.2 Å². The fraction of sp³-hybridized carbons (Fsp3) is 0.167. The number of allylic oxidation sites excluding steroid dienone is 1.